The monoisotopic (exact) mass is 437 g/mol. The van der Waals surface area contributed by atoms with Crippen molar-refractivity contribution >= 4 is 40.9 Å². The first-order valence-corrected chi connectivity index (χ1v) is 10.1. The molecule has 2 aromatic carbocycles. The van der Waals surface area contributed by atoms with Crippen LogP contribution in [0.4, 0.5) is 0 Å². The fraction of sp³-hybridized carbons (Fsp3) is 0.211. The maximum absolute atomic E-state index is 11.8. The highest BCUT2D eigenvalue weighted by Crippen LogP contribution is 2.32. The van der Waals surface area contributed by atoms with Gasteiger partial charge >= 0.3 is 5.97 Å². The standard InChI is InChI=1S/C19H17Cl2N3O3S/c1-3-27-17(25)11-28-19-23-22-18(12-4-7-14(26-2)8-5-12)24(19)13-6-9-15(20)16(21)10-13/h4-10H,3,11H2,1-2H3. The molecular formula is C19H17Cl2N3O3S. The van der Waals surface area contributed by atoms with Gasteiger partial charge in [0.25, 0.3) is 0 Å². The third kappa shape index (κ3) is 4.60. The van der Waals surface area contributed by atoms with Crippen molar-refractivity contribution in [3.05, 3.63) is 52.5 Å². The lowest BCUT2D eigenvalue weighted by atomic mass is 10.2. The van der Waals surface area contributed by atoms with Crippen LogP contribution in [0.3, 0.4) is 0 Å². The summed E-state index contributed by atoms with van der Waals surface area (Å²) in [5.74, 6) is 1.14. The lowest BCUT2D eigenvalue weighted by Gasteiger charge is -2.11. The molecule has 0 saturated carbocycles. The second-order valence-electron chi connectivity index (χ2n) is 5.56. The van der Waals surface area contributed by atoms with E-state index in [2.05, 4.69) is 10.2 Å². The number of esters is 1. The third-order valence-electron chi connectivity index (χ3n) is 3.77. The van der Waals surface area contributed by atoms with Crippen LogP contribution >= 0.6 is 35.0 Å². The second-order valence-corrected chi connectivity index (χ2v) is 7.32. The molecule has 28 heavy (non-hydrogen) atoms. The van der Waals surface area contributed by atoms with E-state index in [1.807, 2.05) is 34.9 Å². The number of carbonyl (C=O) groups excluding carboxylic acids is 1. The molecule has 0 N–H and O–H groups in total. The van der Waals surface area contributed by atoms with Crippen molar-refractivity contribution in [3.8, 4) is 22.8 Å². The van der Waals surface area contributed by atoms with E-state index >= 15 is 0 Å². The number of ether oxygens (including phenoxy) is 2. The highest BCUT2D eigenvalue weighted by atomic mass is 35.5. The first-order valence-electron chi connectivity index (χ1n) is 8.37. The molecule has 0 aliphatic heterocycles. The van der Waals surface area contributed by atoms with Crippen LogP contribution in [-0.2, 0) is 9.53 Å². The van der Waals surface area contributed by atoms with Crippen molar-refractivity contribution < 1.29 is 14.3 Å². The molecule has 0 aliphatic rings. The van der Waals surface area contributed by atoms with Gasteiger partial charge in [-0.15, -0.1) is 10.2 Å². The van der Waals surface area contributed by atoms with Crippen LogP contribution in [0, 0.1) is 0 Å². The molecule has 0 unspecified atom stereocenters. The molecule has 1 heterocycles. The highest BCUT2D eigenvalue weighted by Gasteiger charge is 2.18. The van der Waals surface area contributed by atoms with Crippen LogP contribution < -0.4 is 4.74 Å². The lowest BCUT2D eigenvalue weighted by Crippen LogP contribution is -2.08. The Labute approximate surface area is 176 Å². The lowest BCUT2D eigenvalue weighted by molar-refractivity contribution is -0.139. The normalized spacial score (nSPS) is 10.7. The van der Waals surface area contributed by atoms with Gasteiger partial charge in [-0.3, -0.25) is 9.36 Å². The van der Waals surface area contributed by atoms with Crippen LogP contribution in [0.5, 0.6) is 5.75 Å². The Balaban J connectivity index is 2.03. The van der Waals surface area contributed by atoms with Crippen molar-refractivity contribution in [2.75, 3.05) is 19.5 Å². The molecule has 0 fully saturated rings. The minimum atomic E-state index is -0.317. The summed E-state index contributed by atoms with van der Waals surface area (Å²) in [6.07, 6.45) is 0. The van der Waals surface area contributed by atoms with E-state index in [9.17, 15) is 4.79 Å². The number of hydrogen-bond acceptors (Lipinski definition) is 6. The first kappa shape index (κ1) is 20.5. The number of rotatable bonds is 7. The van der Waals surface area contributed by atoms with Crippen molar-refractivity contribution in [1.82, 2.24) is 14.8 Å². The van der Waals surface area contributed by atoms with Gasteiger partial charge in [0.05, 0.1) is 35.2 Å². The van der Waals surface area contributed by atoms with E-state index in [0.29, 0.717) is 27.6 Å². The summed E-state index contributed by atoms with van der Waals surface area (Å²) in [5, 5.41) is 9.97. The van der Waals surface area contributed by atoms with Crippen LogP contribution in [0.1, 0.15) is 6.92 Å². The Kier molecular flexibility index (Phi) is 6.83. The van der Waals surface area contributed by atoms with Gasteiger partial charge in [0.2, 0.25) is 0 Å². The van der Waals surface area contributed by atoms with Crippen LogP contribution in [0.25, 0.3) is 17.1 Å². The number of methoxy groups -OCH3 is 1. The number of aromatic nitrogens is 3. The van der Waals surface area contributed by atoms with Gasteiger partial charge in [-0.25, -0.2) is 0 Å². The zero-order valence-corrected chi connectivity index (χ0v) is 17.5. The summed E-state index contributed by atoms with van der Waals surface area (Å²) in [7, 11) is 1.61. The summed E-state index contributed by atoms with van der Waals surface area (Å²) in [6, 6.07) is 12.7. The molecule has 3 rings (SSSR count). The van der Waals surface area contributed by atoms with Crippen LogP contribution in [0.2, 0.25) is 10.0 Å². The van der Waals surface area contributed by atoms with Crippen molar-refractivity contribution in [3.63, 3.8) is 0 Å². The number of benzene rings is 2. The minimum Gasteiger partial charge on any atom is -0.497 e. The summed E-state index contributed by atoms with van der Waals surface area (Å²) in [6.45, 7) is 2.10. The number of halogens is 2. The quantitative estimate of drug-likeness (QED) is 0.386. The Morgan fingerprint density at radius 3 is 2.50 bits per heavy atom. The van der Waals surface area contributed by atoms with Crippen molar-refractivity contribution in [1.29, 1.82) is 0 Å². The Morgan fingerprint density at radius 2 is 1.86 bits per heavy atom. The van der Waals surface area contributed by atoms with E-state index in [1.165, 1.54) is 11.8 Å². The number of hydrogen-bond donors (Lipinski definition) is 0. The molecule has 0 spiro atoms. The van der Waals surface area contributed by atoms with E-state index in [4.69, 9.17) is 32.7 Å². The largest absolute Gasteiger partial charge is 0.497 e. The maximum Gasteiger partial charge on any atom is 0.316 e. The van der Waals surface area contributed by atoms with Crippen LogP contribution in [0.15, 0.2) is 47.6 Å². The summed E-state index contributed by atoms with van der Waals surface area (Å²) in [4.78, 5) is 11.8. The molecule has 0 amide bonds. The second kappa shape index (κ2) is 9.32. The van der Waals surface area contributed by atoms with E-state index in [1.54, 1.807) is 26.2 Å². The predicted octanol–water partition coefficient (Wildman–Crippen LogP) is 4.90. The fourth-order valence-electron chi connectivity index (χ4n) is 2.47. The van der Waals surface area contributed by atoms with E-state index in [-0.39, 0.29) is 11.7 Å². The Hall–Kier alpha value is -2.22. The first-order chi connectivity index (χ1) is 13.5. The fourth-order valence-corrected chi connectivity index (χ4v) is 3.52. The summed E-state index contributed by atoms with van der Waals surface area (Å²) < 4.78 is 12.0. The molecule has 0 atom stereocenters. The molecule has 6 nitrogen and oxygen atoms in total. The molecule has 0 aliphatic carbocycles. The molecular weight excluding hydrogens is 421 g/mol. The van der Waals surface area contributed by atoms with Crippen molar-refractivity contribution in [2.45, 2.75) is 12.1 Å². The number of thioether (sulfide) groups is 1. The zero-order valence-electron chi connectivity index (χ0n) is 15.2. The number of nitrogens with zero attached hydrogens (tertiary/aromatic N) is 3. The highest BCUT2D eigenvalue weighted by molar-refractivity contribution is 7.99. The Morgan fingerprint density at radius 1 is 1.11 bits per heavy atom. The van der Waals surface area contributed by atoms with E-state index in [0.717, 1.165) is 17.0 Å². The predicted molar refractivity (Wildman–Crippen MR) is 111 cm³/mol. The van der Waals surface area contributed by atoms with Gasteiger partial charge in [0.15, 0.2) is 11.0 Å². The molecule has 9 heteroatoms. The molecule has 146 valence electrons. The Bertz CT molecular complexity index is 977. The van der Waals surface area contributed by atoms with E-state index < -0.39 is 0 Å². The molecule has 3 aromatic rings. The average Bonchev–Trinajstić information content (AvgIpc) is 3.13. The smallest absolute Gasteiger partial charge is 0.316 e. The maximum atomic E-state index is 11.8. The summed E-state index contributed by atoms with van der Waals surface area (Å²) in [5.41, 5.74) is 1.57. The molecule has 0 bridgehead atoms. The molecule has 0 radical (unpaired) electrons. The topological polar surface area (TPSA) is 66.2 Å². The van der Waals surface area contributed by atoms with Gasteiger partial charge < -0.3 is 9.47 Å². The summed E-state index contributed by atoms with van der Waals surface area (Å²) >= 11 is 13.5. The van der Waals surface area contributed by atoms with Gasteiger partial charge in [-0.2, -0.15) is 0 Å². The SMILES string of the molecule is CCOC(=O)CSc1nnc(-c2ccc(OC)cc2)n1-c1ccc(Cl)c(Cl)c1. The average molecular weight is 438 g/mol. The number of carbonyl (C=O) groups is 1. The third-order valence-corrected chi connectivity index (χ3v) is 5.41. The van der Waals surface area contributed by atoms with Gasteiger partial charge in [0.1, 0.15) is 5.75 Å². The zero-order chi connectivity index (χ0) is 20.1. The van der Waals surface area contributed by atoms with Gasteiger partial charge in [0, 0.05) is 5.56 Å². The minimum absolute atomic E-state index is 0.121. The van der Waals surface area contributed by atoms with Gasteiger partial charge in [-0.1, -0.05) is 35.0 Å². The van der Waals surface area contributed by atoms with Crippen LogP contribution in [-0.4, -0.2) is 40.2 Å². The van der Waals surface area contributed by atoms with Crippen molar-refractivity contribution in [2.24, 2.45) is 0 Å². The molecule has 1 aromatic heterocycles. The van der Waals surface area contributed by atoms with Gasteiger partial charge in [-0.05, 0) is 49.4 Å². The molecule has 0 saturated heterocycles.